The van der Waals surface area contributed by atoms with Gasteiger partial charge in [0.1, 0.15) is 0 Å². The van der Waals surface area contributed by atoms with Crippen LogP contribution in [-0.4, -0.2) is 67.6 Å². The molecule has 2 N–H and O–H groups in total. The third-order valence-electron chi connectivity index (χ3n) is 5.20. The minimum atomic E-state index is -0.206. The second kappa shape index (κ2) is 9.42. The molecule has 8 nitrogen and oxygen atoms in total. The number of carbonyl (C=O) groups excluding carboxylic acids is 2. The fourth-order valence-corrected chi connectivity index (χ4v) is 3.63. The van der Waals surface area contributed by atoms with E-state index in [0.717, 1.165) is 38.4 Å². The number of anilines is 2. The molecule has 0 saturated carbocycles. The van der Waals surface area contributed by atoms with Crippen molar-refractivity contribution < 1.29 is 14.3 Å². The standard InChI is InChI=1S/C21H24ClN5O3/c22-17-3-1-15(2-4-17)14-27-18-11-16(12-24-20(18)25-13-19(27)28)21(29)23-5-6-26-7-9-30-10-8-26/h1-4,11-12H,5-10,13-14H2,(H,23,29)(H,24,25). The van der Waals surface area contributed by atoms with Gasteiger partial charge in [-0.3, -0.25) is 14.5 Å². The highest BCUT2D eigenvalue weighted by atomic mass is 35.5. The lowest BCUT2D eigenvalue weighted by atomic mass is 10.1. The molecule has 30 heavy (non-hydrogen) atoms. The largest absolute Gasteiger partial charge is 0.379 e. The van der Waals surface area contributed by atoms with E-state index in [1.165, 1.54) is 6.20 Å². The van der Waals surface area contributed by atoms with Crippen LogP contribution in [0.1, 0.15) is 15.9 Å². The molecule has 2 amide bonds. The van der Waals surface area contributed by atoms with Crippen LogP contribution in [0.5, 0.6) is 0 Å². The fraction of sp³-hybridized carbons (Fsp3) is 0.381. The first kappa shape index (κ1) is 20.6. The number of morpholine rings is 1. The Morgan fingerprint density at radius 2 is 2.00 bits per heavy atom. The van der Waals surface area contributed by atoms with Crippen LogP contribution in [0.15, 0.2) is 36.5 Å². The van der Waals surface area contributed by atoms with Gasteiger partial charge >= 0.3 is 0 Å². The van der Waals surface area contributed by atoms with E-state index in [1.807, 2.05) is 12.1 Å². The van der Waals surface area contributed by atoms with Gasteiger partial charge in [-0.2, -0.15) is 0 Å². The van der Waals surface area contributed by atoms with Crippen molar-refractivity contribution >= 4 is 34.9 Å². The summed E-state index contributed by atoms with van der Waals surface area (Å²) in [6.07, 6.45) is 1.53. The molecule has 0 atom stereocenters. The summed E-state index contributed by atoms with van der Waals surface area (Å²) >= 11 is 5.96. The van der Waals surface area contributed by atoms with Gasteiger partial charge < -0.3 is 20.3 Å². The molecule has 0 unspecified atom stereocenters. The molecule has 1 aromatic carbocycles. The number of benzene rings is 1. The monoisotopic (exact) mass is 429 g/mol. The lowest BCUT2D eigenvalue weighted by Gasteiger charge is -2.30. The van der Waals surface area contributed by atoms with Crippen molar-refractivity contribution in [3.8, 4) is 0 Å². The Kier molecular flexibility index (Phi) is 6.47. The molecule has 9 heteroatoms. The maximum Gasteiger partial charge on any atom is 0.252 e. The van der Waals surface area contributed by atoms with Crippen LogP contribution in [0.25, 0.3) is 0 Å². The van der Waals surface area contributed by atoms with Gasteiger partial charge in [-0.25, -0.2) is 4.98 Å². The van der Waals surface area contributed by atoms with E-state index in [9.17, 15) is 9.59 Å². The summed E-state index contributed by atoms with van der Waals surface area (Å²) in [5, 5.41) is 6.59. The zero-order valence-corrected chi connectivity index (χ0v) is 17.3. The Hall–Kier alpha value is -2.68. The summed E-state index contributed by atoms with van der Waals surface area (Å²) in [6, 6.07) is 9.06. The third kappa shape index (κ3) is 4.89. The van der Waals surface area contributed by atoms with E-state index in [1.54, 1.807) is 23.1 Å². The van der Waals surface area contributed by atoms with Gasteiger partial charge in [-0.05, 0) is 23.8 Å². The van der Waals surface area contributed by atoms with Gasteiger partial charge in [-0.15, -0.1) is 0 Å². The highest BCUT2D eigenvalue weighted by molar-refractivity contribution is 6.30. The summed E-state index contributed by atoms with van der Waals surface area (Å²) < 4.78 is 5.33. The summed E-state index contributed by atoms with van der Waals surface area (Å²) in [7, 11) is 0. The molecular weight excluding hydrogens is 406 g/mol. The number of halogens is 1. The summed E-state index contributed by atoms with van der Waals surface area (Å²) in [5.41, 5.74) is 1.97. The van der Waals surface area contributed by atoms with Gasteiger partial charge in [0.25, 0.3) is 5.91 Å². The maximum atomic E-state index is 12.6. The predicted octanol–water partition coefficient (Wildman–Crippen LogP) is 1.76. The number of pyridine rings is 1. The van der Waals surface area contributed by atoms with E-state index in [2.05, 4.69) is 20.5 Å². The Morgan fingerprint density at radius 3 is 2.77 bits per heavy atom. The third-order valence-corrected chi connectivity index (χ3v) is 5.45. The molecule has 0 spiro atoms. The van der Waals surface area contributed by atoms with Crippen molar-refractivity contribution in [2.75, 3.05) is 56.2 Å². The second-order valence-corrected chi connectivity index (χ2v) is 7.70. The van der Waals surface area contributed by atoms with Gasteiger partial charge in [0, 0.05) is 37.4 Å². The molecule has 0 aliphatic carbocycles. The van der Waals surface area contributed by atoms with Crippen molar-refractivity contribution in [3.63, 3.8) is 0 Å². The van der Waals surface area contributed by atoms with Crippen LogP contribution in [0, 0.1) is 0 Å². The van der Waals surface area contributed by atoms with Crippen molar-refractivity contribution in [3.05, 3.63) is 52.7 Å². The quantitative estimate of drug-likeness (QED) is 0.727. The summed E-state index contributed by atoms with van der Waals surface area (Å²) in [4.78, 5) is 33.4. The number of nitrogens with one attached hydrogen (secondary N) is 2. The van der Waals surface area contributed by atoms with Gasteiger partial charge in [0.2, 0.25) is 5.91 Å². The lowest BCUT2D eigenvalue weighted by molar-refractivity contribution is -0.117. The van der Waals surface area contributed by atoms with Gasteiger partial charge in [-0.1, -0.05) is 23.7 Å². The molecule has 158 valence electrons. The fourth-order valence-electron chi connectivity index (χ4n) is 3.51. The molecule has 3 heterocycles. The average molecular weight is 430 g/mol. The van der Waals surface area contributed by atoms with Crippen molar-refractivity contribution in [1.82, 2.24) is 15.2 Å². The smallest absolute Gasteiger partial charge is 0.252 e. The number of amides is 2. The number of aromatic nitrogens is 1. The number of fused-ring (bicyclic) bond motifs is 1. The zero-order valence-electron chi connectivity index (χ0n) is 16.6. The van der Waals surface area contributed by atoms with E-state index < -0.39 is 0 Å². The first-order chi connectivity index (χ1) is 14.6. The number of nitrogens with zero attached hydrogens (tertiary/aromatic N) is 3. The van der Waals surface area contributed by atoms with E-state index in [-0.39, 0.29) is 18.4 Å². The first-order valence-electron chi connectivity index (χ1n) is 9.97. The maximum absolute atomic E-state index is 12.6. The van der Waals surface area contributed by atoms with Gasteiger partial charge in [0.05, 0.1) is 37.6 Å². The molecule has 0 radical (unpaired) electrons. The summed E-state index contributed by atoms with van der Waals surface area (Å²) in [6.45, 7) is 5.08. The second-order valence-electron chi connectivity index (χ2n) is 7.26. The molecule has 4 rings (SSSR count). The molecule has 2 aliphatic rings. The average Bonchev–Trinajstić information content (AvgIpc) is 2.77. The highest BCUT2D eigenvalue weighted by Gasteiger charge is 2.26. The molecule has 2 aliphatic heterocycles. The van der Waals surface area contributed by atoms with Crippen LogP contribution in [-0.2, 0) is 16.1 Å². The molecule has 1 fully saturated rings. The number of ether oxygens (including phenoxy) is 1. The lowest BCUT2D eigenvalue weighted by Crippen LogP contribution is -2.41. The van der Waals surface area contributed by atoms with E-state index in [4.69, 9.17) is 16.3 Å². The van der Waals surface area contributed by atoms with Gasteiger partial charge in [0.15, 0.2) is 5.82 Å². The molecule has 1 aromatic heterocycles. The van der Waals surface area contributed by atoms with Crippen LogP contribution in [0.4, 0.5) is 11.5 Å². The van der Waals surface area contributed by atoms with Crippen LogP contribution in [0.2, 0.25) is 5.02 Å². The summed E-state index contributed by atoms with van der Waals surface area (Å²) in [5.74, 6) is 0.306. The number of hydrogen-bond acceptors (Lipinski definition) is 6. The molecule has 2 aromatic rings. The Balaban J connectivity index is 1.44. The molecule has 1 saturated heterocycles. The minimum Gasteiger partial charge on any atom is -0.379 e. The molecular formula is C21H24ClN5O3. The van der Waals surface area contributed by atoms with Crippen molar-refractivity contribution in [2.24, 2.45) is 0 Å². The normalized spacial score (nSPS) is 16.7. The number of rotatable bonds is 6. The van der Waals surface area contributed by atoms with Crippen LogP contribution >= 0.6 is 11.6 Å². The van der Waals surface area contributed by atoms with Crippen molar-refractivity contribution in [1.29, 1.82) is 0 Å². The first-order valence-corrected chi connectivity index (χ1v) is 10.3. The number of hydrogen-bond donors (Lipinski definition) is 2. The number of carbonyl (C=O) groups is 2. The Labute approximate surface area is 180 Å². The SMILES string of the molecule is O=C(NCCN1CCOCC1)c1cnc2c(c1)N(Cc1ccc(Cl)cc1)C(=O)CN2. The topological polar surface area (TPSA) is 86.8 Å². The van der Waals surface area contributed by atoms with E-state index >= 15 is 0 Å². The highest BCUT2D eigenvalue weighted by Crippen LogP contribution is 2.30. The zero-order chi connectivity index (χ0) is 20.9. The van der Waals surface area contributed by atoms with Crippen LogP contribution < -0.4 is 15.5 Å². The Bertz CT molecular complexity index is 915. The Morgan fingerprint density at radius 1 is 1.23 bits per heavy atom. The molecule has 0 bridgehead atoms. The van der Waals surface area contributed by atoms with E-state index in [0.29, 0.717) is 35.2 Å². The van der Waals surface area contributed by atoms with Crippen LogP contribution in [0.3, 0.4) is 0 Å². The predicted molar refractivity (Wildman–Crippen MR) is 115 cm³/mol. The van der Waals surface area contributed by atoms with Crippen molar-refractivity contribution in [2.45, 2.75) is 6.54 Å². The minimum absolute atomic E-state index is 0.0795.